The number of carbonyl (C=O) groups is 2. The lowest BCUT2D eigenvalue weighted by Crippen LogP contribution is -2.46. The molecule has 6 nitrogen and oxygen atoms in total. The van der Waals surface area contributed by atoms with Gasteiger partial charge in [-0.1, -0.05) is 18.2 Å². The Bertz CT molecular complexity index is 531. The van der Waals surface area contributed by atoms with Gasteiger partial charge in [0.2, 0.25) is 0 Å². The summed E-state index contributed by atoms with van der Waals surface area (Å²) in [6.45, 7) is 1.36. The van der Waals surface area contributed by atoms with Crippen LogP contribution in [-0.4, -0.2) is 47.3 Å². The van der Waals surface area contributed by atoms with Gasteiger partial charge in [0.05, 0.1) is 18.9 Å². The molecule has 1 aliphatic rings. The molecular weight excluding hydrogens is 274 g/mol. The van der Waals surface area contributed by atoms with Gasteiger partial charge < -0.3 is 14.9 Å². The highest BCUT2D eigenvalue weighted by Crippen LogP contribution is 2.27. The molecule has 6 heteroatoms. The Labute approximate surface area is 122 Å². The van der Waals surface area contributed by atoms with Gasteiger partial charge in [-0.25, -0.2) is 0 Å². The zero-order valence-corrected chi connectivity index (χ0v) is 11.9. The first-order valence-electron chi connectivity index (χ1n) is 6.82. The average Bonchev–Trinajstić information content (AvgIpc) is 2.47. The zero-order chi connectivity index (χ0) is 15.4. The summed E-state index contributed by atoms with van der Waals surface area (Å²) in [4.78, 5) is 24.4. The SMILES string of the molecule is COc1ccccc1CN1CCC(C(=O)O)C(C(=O)O)C1. The van der Waals surface area contributed by atoms with E-state index in [9.17, 15) is 14.7 Å². The number of carboxylic acid groups (broad SMARTS) is 2. The first kappa shape index (κ1) is 15.3. The molecule has 0 bridgehead atoms. The van der Waals surface area contributed by atoms with Gasteiger partial charge >= 0.3 is 11.9 Å². The van der Waals surface area contributed by atoms with E-state index in [0.29, 0.717) is 19.5 Å². The second kappa shape index (κ2) is 6.58. The topological polar surface area (TPSA) is 87.1 Å². The number of methoxy groups -OCH3 is 1. The molecular formula is C15H19NO5. The van der Waals surface area contributed by atoms with Gasteiger partial charge in [-0.15, -0.1) is 0 Å². The molecule has 0 aromatic heterocycles. The number of para-hydroxylation sites is 1. The molecule has 21 heavy (non-hydrogen) atoms. The van der Waals surface area contributed by atoms with Crippen molar-refractivity contribution in [2.75, 3.05) is 20.2 Å². The van der Waals surface area contributed by atoms with E-state index in [1.165, 1.54) is 0 Å². The molecule has 0 radical (unpaired) electrons. The van der Waals surface area contributed by atoms with Gasteiger partial charge in [-0.3, -0.25) is 14.5 Å². The molecule has 1 aromatic rings. The lowest BCUT2D eigenvalue weighted by Gasteiger charge is -2.34. The largest absolute Gasteiger partial charge is 0.496 e. The Balaban J connectivity index is 2.09. The van der Waals surface area contributed by atoms with E-state index >= 15 is 0 Å². The van der Waals surface area contributed by atoms with E-state index in [-0.39, 0.29) is 6.54 Å². The number of likely N-dealkylation sites (tertiary alicyclic amines) is 1. The highest BCUT2D eigenvalue weighted by molar-refractivity contribution is 5.80. The highest BCUT2D eigenvalue weighted by Gasteiger charge is 2.38. The number of carboxylic acids is 2. The fourth-order valence-electron chi connectivity index (χ4n) is 2.78. The number of aliphatic carboxylic acids is 2. The van der Waals surface area contributed by atoms with E-state index in [0.717, 1.165) is 11.3 Å². The predicted octanol–water partition coefficient (Wildman–Crippen LogP) is 1.30. The molecule has 0 aliphatic carbocycles. The van der Waals surface area contributed by atoms with Crippen LogP contribution in [-0.2, 0) is 16.1 Å². The number of rotatable bonds is 5. The number of nitrogens with zero attached hydrogens (tertiary/aromatic N) is 1. The fraction of sp³-hybridized carbons (Fsp3) is 0.467. The molecule has 2 N–H and O–H groups in total. The predicted molar refractivity (Wildman–Crippen MR) is 75.1 cm³/mol. The van der Waals surface area contributed by atoms with Crippen LogP contribution in [0.15, 0.2) is 24.3 Å². The minimum absolute atomic E-state index is 0.240. The monoisotopic (exact) mass is 293 g/mol. The molecule has 0 spiro atoms. The third kappa shape index (κ3) is 3.52. The van der Waals surface area contributed by atoms with Crippen LogP contribution < -0.4 is 4.74 Å². The normalized spacial score (nSPS) is 22.7. The quantitative estimate of drug-likeness (QED) is 0.851. The summed E-state index contributed by atoms with van der Waals surface area (Å²) in [6.07, 6.45) is 0.349. The van der Waals surface area contributed by atoms with Crippen LogP contribution in [0.25, 0.3) is 0 Å². The Morgan fingerprint density at radius 2 is 1.90 bits per heavy atom. The number of benzene rings is 1. The molecule has 2 rings (SSSR count). The van der Waals surface area contributed by atoms with Gasteiger partial charge in [-0.05, 0) is 19.0 Å². The maximum absolute atomic E-state index is 11.3. The van der Waals surface area contributed by atoms with E-state index in [1.807, 2.05) is 29.2 Å². The van der Waals surface area contributed by atoms with Crippen molar-refractivity contribution in [3.8, 4) is 5.75 Å². The van der Waals surface area contributed by atoms with E-state index in [2.05, 4.69) is 0 Å². The van der Waals surface area contributed by atoms with E-state index in [1.54, 1.807) is 7.11 Å². The van der Waals surface area contributed by atoms with Crippen molar-refractivity contribution >= 4 is 11.9 Å². The second-order valence-electron chi connectivity index (χ2n) is 5.23. The number of ether oxygens (including phenoxy) is 1. The molecule has 0 saturated carbocycles. The zero-order valence-electron chi connectivity index (χ0n) is 11.9. The van der Waals surface area contributed by atoms with Gasteiger partial charge in [0.1, 0.15) is 5.75 Å². The number of hydrogen-bond donors (Lipinski definition) is 2. The van der Waals surface area contributed by atoms with Crippen LogP contribution >= 0.6 is 0 Å². The first-order chi connectivity index (χ1) is 10.0. The Hall–Kier alpha value is -2.08. The van der Waals surface area contributed by atoms with Crippen LogP contribution in [0.1, 0.15) is 12.0 Å². The van der Waals surface area contributed by atoms with Crippen LogP contribution in [0, 0.1) is 11.8 Å². The summed E-state index contributed by atoms with van der Waals surface area (Å²) in [7, 11) is 1.59. The lowest BCUT2D eigenvalue weighted by atomic mass is 9.85. The molecule has 1 heterocycles. The second-order valence-corrected chi connectivity index (χ2v) is 5.23. The first-order valence-corrected chi connectivity index (χ1v) is 6.82. The molecule has 1 saturated heterocycles. The van der Waals surface area contributed by atoms with E-state index < -0.39 is 23.8 Å². The summed E-state index contributed by atoms with van der Waals surface area (Å²) in [5, 5.41) is 18.3. The van der Waals surface area contributed by atoms with Crippen LogP contribution in [0.3, 0.4) is 0 Å². The van der Waals surface area contributed by atoms with Crippen LogP contribution in [0.5, 0.6) is 5.75 Å². The molecule has 0 amide bonds. The van der Waals surface area contributed by atoms with Gasteiger partial charge in [0, 0.05) is 18.7 Å². The van der Waals surface area contributed by atoms with Crippen molar-refractivity contribution in [2.45, 2.75) is 13.0 Å². The summed E-state index contributed by atoms with van der Waals surface area (Å²) in [5.41, 5.74) is 0.970. The van der Waals surface area contributed by atoms with Gasteiger partial charge in [0.25, 0.3) is 0 Å². The summed E-state index contributed by atoms with van der Waals surface area (Å²) < 4.78 is 5.28. The molecule has 2 unspecified atom stereocenters. The molecule has 2 atom stereocenters. The summed E-state index contributed by atoms with van der Waals surface area (Å²) in [5.74, 6) is -3.00. The van der Waals surface area contributed by atoms with Crippen molar-refractivity contribution in [1.82, 2.24) is 4.90 Å². The summed E-state index contributed by atoms with van der Waals surface area (Å²) in [6, 6.07) is 7.56. The fourth-order valence-corrected chi connectivity index (χ4v) is 2.78. The molecule has 1 fully saturated rings. The molecule has 114 valence electrons. The highest BCUT2D eigenvalue weighted by atomic mass is 16.5. The lowest BCUT2D eigenvalue weighted by molar-refractivity contribution is -0.157. The summed E-state index contributed by atoms with van der Waals surface area (Å²) >= 11 is 0. The molecule has 1 aliphatic heterocycles. The van der Waals surface area contributed by atoms with Crippen molar-refractivity contribution in [1.29, 1.82) is 0 Å². The van der Waals surface area contributed by atoms with Crippen molar-refractivity contribution in [3.63, 3.8) is 0 Å². The Morgan fingerprint density at radius 3 is 2.52 bits per heavy atom. The van der Waals surface area contributed by atoms with Gasteiger partial charge in [-0.2, -0.15) is 0 Å². The third-order valence-electron chi connectivity index (χ3n) is 3.92. The van der Waals surface area contributed by atoms with E-state index in [4.69, 9.17) is 9.84 Å². The van der Waals surface area contributed by atoms with Crippen LogP contribution in [0.2, 0.25) is 0 Å². The van der Waals surface area contributed by atoms with Crippen molar-refractivity contribution in [3.05, 3.63) is 29.8 Å². The standard InChI is InChI=1S/C15H19NO5/c1-21-13-5-3-2-4-10(13)8-16-7-6-11(14(17)18)12(9-16)15(19)20/h2-5,11-12H,6-9H2,1H3,(H,17,18)(H,19,20). The minimum atomic E-state index is -1.05. The molecule has 1 aromatic carbocycles. The third-order valence-corrected chi connectivity index (χ3v) is 3.92. The maximum Gasteiger partial charge on any atom is 0.308 e. The van der Waals surface area contributed by atoms with Gasteiger partial charge in [0.15, 0.2) is 0 Å². The minimum Gasteiger partial charge on any atom is -0.496 e. The smallest absolute Gasteiger partial charge is 0.308 e. The average molecular weight is 293 g/mol. The van der Waals surface area contributed by atoms with Crippen LogP contribution in [0.4, 0.5) is 0 Å². The van der Waals surface area contributed by atoms with Crippen molar-refractivity contribution < 1.29 is 24.5 Å². The number of hydrogen-bond acceptors (Lipinski definition) is 4. The Kier molecular flexibility index (Phi) is 4.80. The van der Waals surface area contributed by atoms with Crippen molar-refractivity contribution in [2.24, 2.45) is 11.8 Å². The number of piperidine rings is 1. The Morgan fingerprint density at radius 1 is 1.24 bits per heavy atom. The maximum atomic E-state index is 11.3.